The molecule has 0 amide bonds. The topological polar surface area (TPSA) is 98.0 Å². The molecule has 1 aromatic carbocycles. The molecular weight excluding hydrogens is 461 g/mol. The number of carbonyl (C=O) groups excluding carboxylic acids is 1. The molecule has 0 spiro atoms. The largest absolute Gasteiger partial charge is 0.418 e. The van der Waals surface area contributed by atoms with E-state index in [2.05, 4.69) is 16.3 Å². The quantitative estimate of drug-likeness (QED) is 0.408. The van der Waals surface area contributed by atoms with Gasteiger partial charge in [0.15, 0.2) is 6.29 Å². The maximum atomic E-state index is 13.7. The Kier molecular flexibility index (Phi) is 5.12. The van der Waals surface area contributed by atoms with Crippen molar-refractivity contribution in [3.8, 4) is 11.8 Å². The molecule has 8 nitrogen and oxygen atoms in total. The monoisotopic (exact) mass is 480 g/mol. The first kappa shape index (κ1) is 22.6. The number of benzene rings is 1. The number of nitrogens with zero attached hydrogens (tertiary/aromatic N) is 6. The lowest BCUT2D eigenvalue weighted by Crippen LogP contribution is -2.43. The molecule has 3 heterocycles. The van der Waals surface area contributed by atoms with Crippen molar-refractivity contribution in [2.45, 2.75) is 30.9 Å². The highest BCUT2D eigenvalue weighted by Crippen LogP contribution is 2.49. The van der Waals surface area contributed by atoms with E-state index in [1.165, 1.54) is 0 Å². The average molecular weight is 480 g/mol. The lowest BCUT2D eigenvalue weighted by Gasteiger charge is -2.45. The van der Waals surface area contributed by atoms with Gasteiger partial charge in [-0.3, -0.25) is 13.8 Å². The zero-order chi connectivity index (χ0) is 25.0. The normalized spacial score (nSPS) is 19.9. The lowest BCUT2D eigenvalue weighted by atomic mass is 9.57. The van der Waals surface area contributed by atoms with Gasteiger partial charge in [0.2, 0.25) is 0 Å². The number of hydrogen-bond acceptors (Lipinski definition) is 5. The van der Waals surface area contributed by atoms with E-state index in [-0.39, 0.29) is 23.3 Å². The van der Waals surface area contributed by atoms with E-state index in [9.17, 15) is 28.0 Å². The number of halogens is 3. The molecule has 1 saturated carbocycles. The summed E-state index contributed by atoms with van der Waals surface area (Å²) in [6.07, 6.45) is 1.06. The van der Waals surface area contributed by atoms with Gasteiger partial charge in [0, 0.05) is 42.8 Å². The van der Waals surface area contributed by atoms with Gasteiger partial charge in [0.05, 0.1) is 22.8 Å². The van der Waals surface area contributed by atoms with E-state index >= 15 is 0 Å². The number of fused-ring (bicyclic) bond motifs is 1. The van der Waals surface area contributed by atoms with E-state index in [1.54, 1.807) is 29.1 Å². The molecule has 1 aliphatic rings. The summed E-state index contributed by atoms with van der Waals surface area (Å²) in [6.45, 7) is 0. The van der Waals surface area contributed by atoms with E-state index in [0.717, 1.165) is 38.8 Å². The summed E-state index contributed by atoms with van der Waals surface area (Å²) in [5.74, 6) is 0.623. The smallest absolute Gasteiger partial charge is 0.321 e. The molecule has 1 fully saturated rings. The number of aldehydes is 1. The highest BCUT2D eigenvalue weighted by molar-refractivity contribution is 5.77. The van der Waals surface area contributed by atoms with E-state index in [0.29, 0.717) is 24.9 Å². The highest BCUT2D eigenvalue weighted by atomic mass is 19.4. The van der Waals surface area contributed by atoms with E-state index in [4.69, 9.17) is 0 Å². The third kappa shape index (κ3) is 3.71. The van der Waals surface area contributed by atoms with Crippen LogP contribution < -0.4 is 5.69 Å². The third-order valence-corrected chi connectivity index (χ3v) is 6.72. The number of imidazole rings is 1. The van der Waals surface area contributed by atoms with E-state index < -0.39 is 22.8 Å². The summed E-state index contributed by atoms with van der Waals surface area (Å²) in [5, 5.41) is 17.5. The summed E-state index contributed by atoms with van der Waals surface area (Å²) < 4.78 is 44.7. The Morgan fingerprint density at radius 2 is 2.03 bits per heavy atom. The van der Waals surface area contributed by atoms with Gasteiger partial charge in [-0.05, 0) is 36.6 Å². The van der Waals surface area contributed by atoms with Gasteiger partial charge in [-0.2, -0.15) is 18.4 Å². The molecule has 0 atom stereocenters. The first-order chi connectivity index (χ1) is 16.6. The van der Waals surface area contributed by atoms with Crippen molar-refractivity contribution in [2.24, 2.45) is 13.0 Å². The molecule has 0 N–H and O–H groups in total. The molecule has 11 heteroatoms. The maximum absolute atomic E-state index is 13.7. The fourth-order valence-corrected chi connectivity index (χ4v) is 4.90. The Bertz CT molecular complexity index is 1550. The first-order valence-electron chi connectivity index (χ1n) is 10.8. The van der Waals surface area contributed by atoms with Crippen LogP contribution in [0.25, 0.3) is 11.2 Å². The van der Waals surface area contributed by atoms with Crippen LogP contribution in [0.1, 0.15) is 40.2 Å². The van der Waals surface area contributed by atoms with Gasteiger partial charge in [0.25, 0.3) is 0 Å². The van der Waals surface area contributed by atoms with Crippen molar-refractivity contribution in [3.05, 3.63) is 82.1 Å². The van der Waals surface area contributed by atoms with Gasteiger partial charge in [-0.1, -0.05) is 12.1 Å². The number of carbonyl (C=O) groups is 1. The third-order valence-electron chi connectivity index (χ3n) is 6.72. The molecule has 5 rings (SSSR count). The van der Waals surface area contributed by atoms with Crippen LogP contribution in [-0.2, 0) is 25.1 Å². The zero-order valence-corrected chi connectivity index (χ0v) is 18.5. The minimum absolute atomic E-state index is 0.122. The van der Waals surface area contributed by atoms with Gasteiger partial charge in [-0.15, -0.1) is 10.2 Å². The molecule has 0 unspecified atom stereocenters. The number of nitriles is 1. The summed E-state index contributed by atoms with van der Waals surface area (Å²) in [4.78, 5) is 24.3. The highest BCUT2D eigenvalue weighted by Gasteiger charge is 2.46. The van der Waals surface area contributed by atoms with Crippen LogP contribution in [0.15, 0.2) is 53.8 Å². The average Bonchev–Trinajstić information content (AvgIpc) is 3.37. The standard InChI is InChI=1S/C24H19F3N6O2/c1-31-14-29-30-21(31)9-23(7-16(8-23)10-28)17-3-2-4-18(6-17)32-12-20-19(24(25,26)27)5-15(13-34)11-33(20)22(32)35/h2-6,11-14,16H,7-9H2,1H3/t16-,23+. The van der Waals surface area contributed by atoms with Crippen LogP contribution >= 0.6 is 0 Å². The Labute approximate surface area is 196 Å². The fourth-order valence-electron chi connectivity index (χ4n) is 4.90. The van der Waals surface area contributed by atoms with Crippen LogP contribution in [0.5, 0.6) is 0 Å². The first-order valence-corrected chi connectivity index (χ1v) is 10.8. The number of aromatic nitrogens is 5. The molecule has 0 aliphatic heterocycles. The van der Waals surface area contributed by atoms with Crippen LogP contribution in [-0.4, -0.2) is 30.0 Å². The van der Waals surface area contributed by atoms with Crippen molar-refractivity contribution in [3.63, 3.8) is 0 Å². The summed E-state index contributed by atoms with van der Waals surface area (Å²) in [7, 11) is 1.83. The number of alkyl halides is 3. The zero-order valence-electron chi connectivity index (χ0n) is 18.5. The van der Waals surface area contributed by atoms with Gasteiger partial charge >= 0.3 is 11.9 Å². The Morgan fingerprint density at radius 3 is 2.66 bits per heavy atom. The molecule has 4 aromatic rings. The van der Waals surface area contributed by atoms with Gasteiger partial charge in [-0.25, -0.2) is 4.79 Å². The van der Waals surface area contributed by atoms with Crippen LogP contribution in [0.3, 0.4) is 0 Å². The summed E-state index contributed by atoms with van der Waals surface area (Å²) >= 11 is 0. The molecule has 3 aromatic heterocycles. The minimum Gasteiger partial charge on any atom is -0.321 e. The predicted octanol–water partition coefficient (Wildman–Crippen LogP) is 3.46. The van der Waals surface area contributed by atoms with Crippen molar-refractivity contribution >= 4 is 11.8 Å². The number of aryl methyl sites for hydroxylation is 1. The molecular formula is C24H19F3N6O2. The van der Waals surface area contributed by atoms with Crippen LogP contribution in [0, 0.1) is 17.2 Å². The van der Waals surface area contributed by atoms with Crippen molar-refractivity contribution in [1.29, 1.82) is 5.26 Å². The minimum atomic E-state index is -4.75. The number of pyridine rings is 1. The van der Waals surface area contributed by atoms with Gasteiger partial charge < -0.3 is 4.57 Å². The van der Waals surface area contributed by atoms with Crippen LogP contribution in [0.4, 0.5) is 13.2 Å². The Balaban J connectivity index is 1.63. The van der Waals surface area contributed by atoms with Gasteiger partial charge in [0.1, 0.15) is 12.2 Å². The summed E-state index contributed by atoms with van der Waals surface area (Å²) in [6, 6.07) is 10.0. The molecule has 178 valence electrons. The number of hydrogen-bond donors (Lipinski definition) is 0. The fraction of sp³-hybridized carbons (Fsp3) is 0.292. The molecule has 0 saturated heterocycles. The SMILES string of the molecule is Cn1cnnc1C[C@]1(c2cccc(-n3cc4c(C(F)(F)F)cc(C=O)cn4c3=O)c2)C[C@@H](C#N)C1. The second-order valence-corrected chi connectivity index (χ2v) is 8.94. The lowest BCUT2D eigenvalue weighted by molar-refractivity contribution is -0.136. The molecule has 35 heavy (non-hydrogen) atoms. The van der Waals surface area contributed by atoms with E-state index in [1.807, 2.05) is 13.1 Å². The van der Waals surface area contributed by atoms with Crippen molar-refractivity contribution < 1.29 is 18.0 Å². The van der Waals surface area contributed by atoms with Crippen molar-refractivity contribution in [1.82, 2.24) is 23.7 Å². The predicted molar refractivity (Wildman–Crippen MR) is 118 cm³/mol. The second kappa shape index (κ2) is 7.94. The van der Waals surface area contributed by atoms with Crippen molar-refractivity contribution in [2.75, 3.05) is 0 Å². The molecule has 0 radical (unpaired) electrons. The Morgan fingerprint density at radius 1 is 1.26 bits per heavy atom. The molecule has 1 aliphatic carbocycles. The van der Waals surface area contributed by atoms with Crippen LogP contribution in [0.2, 0.25) is 0 Å². The summed E-state index contributed by atoms with van der Waals surface area (Å²) in [5.41, 5.74) is -1.56. The second-order valence-electron chi connectivity index (χ2n) is 8.94. The number of rotatable bonds is 5. The Hall–Kier alpha value is -4.20. The maximum Gasteiger partial charge on any atom is 0.418 e. The molecule has 0 bridgehead atoms.